The van der Waals surface area contributed by atoms with Crippen LogP contribution in [-0.4, -0.2) is 21.5 Å². The summed E-state index contributed by atoms with van der Waals surface area (Å²) in [6, 6.07) is 0.334. The van der Waals surface area contributed by atoms with E-state index >= 15 is 0 Å². The van der Waals surface area contributed by atoms with E-state index in [0.29, 0.717) is 10.9 Å². The van der Waals surface area contributed by atoms with Crippen LogP contribution in [0.4, 0.5) is 0 Å². The molecule has 1 saturated carbocycles. The molecule has 1 aromatic heterocycles. The molecule has 18 heavy (non-hydrogen) atoms. The molecule has 0 spiro atoms. The van der Waals surface area contributed by atoms with Gasteiger partial charge in [-0.2, -0.15) is 0 Å². The number of hydrogen-bond donors (Lipinski definition) is 1. The first-order chi connectivity index (χ1) is 8.48. The van der Waals surface area contributed by atoms with Crippen molar-refractivity contribution in [3.05, 3.63) is 10.6 Å². The van der Waals surface area contributed by atoms with E-state index < -0.39 is 0 Å². The Hall–Kier alpha value is -0.970. The summed E-state index contributed by atoms with van der Waals surface area (Å²) in [4.78, 5) is 12.9. The number of carbonyl (C=O) groups is 1. The maximum atomic E-state index is 12.3. The van der Waals surface area contributed by atoms with E-state index in [2.05, 4.69) is 35.7 Å². The highest BCUT2D eigenvalue weighted by Crippen LogP contribution is 2.26. The topological polar surface area (TPSA) is 54.9 Å². The van der Waals surface area contributed by atoms with Gasteiger partial charge in [-0.3, -0.25) is 4.79 Å². The van der Waals surface area contributed by atoms with Crippen LogP contribution in [0.3, 0.4) is 0 Å². The van der Waals surface area contributed by atoms with Crippen molar-refractivity contribution in [2.24, 2.45) is 0 Å². The molecule has 0 aliphatic heterocycles. The lowest BCUT2D eigenvalue weighted by molar-refractivity contribution is 0.0929. The minimum Gasteiger partial charge on any atom is -0.349 e. The number of amides is 1. The number of rotatable bonds is 2. The maximum Gasteiger partial charge on any atom is 0.265 e. The minimum absolute atomic E-state index is 0.00169. The smallest absolute Gasteiger partial charge is 0.265 e. The summed E-state index contributed by atoms with van der Waals surface area (Å²) in [6.45, 7) is 6.17. The molecule has 0 atom stereocenters. The first-order valence-electron chi connectivity index (χ1n) is 6.62. The van der Waals surface area contributed by atoms with Crippen molar-refractivity contribution >= 4 is 17.4 Å². The van der Waals surface area contributed by atoms with Crippen LogP contribution < -0.4 is 5.32 Å². The highest BCUT2D eigenvalue weighted by Gasteiger charge is 2.27. The van der Waals surface area contributed by atoms with E-state index in [1.54, 1.807) is 0 Å². The lowest BCUT2D eigenvalue weighted by Crippen LogP contribution is -2.36. The van der Waals surface area contributed by atoms with Crippen LogP contribution in [0.15, 0.2) is 0 Å². The number of nitrogens with zero attached hydrogens (tertiary/aromatic N) is 2. The number of hydrogen-bond acceptors (Lipinski definition) is 4. The van der Waals surface area contributed by atoms with E-state index in [0.717, 1.165) is 18.5 Å². The summed E-state index contributed by atoms with van der Waals surface area (Å²) in [7, 11) is 0. The molecule has 1 aliphatic rings. The maximum absolute atomic E-state index is 12.3. The SMILES string of the molecule is CC(C)(C)c1nnsc1C(=O)NC1CCCCC1. The first kappa shape index (κ1) is 13.5. The zero-order valence-corrected chi connectivity index (χ0v) is 12.1. The molecule has 1 aromatic rings. The highest BCUT2D eigenvalue weighted by atomic mass is 32.1. The molecule has 1 fully saturated rings. The van der Waals surface area contributed by atoms with Crippen molar-refractivity contribution in [2.45, 2.75) is 64.3 Å². The van der Waals surface area contributed by atoms with Crippen LogP contribution >= 0.6 is 11.5 Å². The molecule has 1 heterocycles. The van der Waals surface area contributed by atoms with E-state index in [1.165, 1.54) is 30.8 Å². The molecule has 0 aromatic carbocycles. The molecule has 4 nitrogen and oxygen atoms in total. The van der Waals surface area contributed by atoms with Gasteiger partial charge >= 0.3 is 0 Å². The van der Waals surface area contributed by atoms with Gasteiger partial charge in [0.1, 0.15) is 4.88 Å². The second kappa shape index (κ2) is 5.34. The zero-order chi connectivity index (χ0) is 13.2. The third-order valence-corrected chi connectivity index (χ3v) is 4.07. The molecule has 1 N–H and O–H groups in total. The molecule has 1 aliphatic carbocycles. The lowest BCUT2D eigenvalue weighted by Gasteiger charge is -2.23. The average molecular weight is 267 g/mol. The predicted octanol–water partition coefficient (Wildman–Crippen LogP) is 2.90. The Balaban J connectivity index is 2.07. The summed E-state index contributed by atoms with van der Waals surface area (Å²) in [6.07, 6.45) is 5.93. The van der Waals surface area contributed by atoms with Crippen LogP contribution in [0.2, 0.25) is 0 Å². The van der Waals surface area contributed by atoms with Crippen molar-refractivity contribution in [3.63, 3.8) is 0 Å². The second-order valence-electron chi connectivity index (χ2n) is 6.01. The van der Waals surface area contributed by atoms with Gasteiger partial charge in [0.05, 0.1) is 5.69 Å². The van der Waals surface area contributed by atoms with Gasteiger partial charge in [-0.1, -0.05) is 44.5 Å². The fraction of sp³-hybridized carbons (Fsp3) is 0.769. The Morgan fingerprint density at radius 2 is 1.94 bits per heavy atom. The molecule has 1 amide bonds. The van der Waals surface area contributed by atoms with Gasteiger partial charge in [0.15, 0.2) is 0 Å². The predicted molar refractivity (Wildman–Crippen MR) is 72.9 cm³/mol. The van der Waals surface area contributed by atoms with E-state index in [4.69, 9.17) is 0 Å². The van der Waals surface area contributed by atoms with Crippen molar-refractivity contribution < 1.29 is 4.79 Å². The number of nitrogens with one attached hydrogen (secondary N) is 1. The first-order valence-corrected chi connectivity index (χ1v) is 7.39. The van der Waals surface area contributed by atoms with Crippen molar-refractivity contribution in [1.82, 2.24) is 14.9 Å². The van der Waals surface area contributed by atoms with E-state index in [9.17, 15) is 4.79 Å². The Morgan fingerprint density at radius 1 is 1.28 bits per heavy atom. The quantitative estimate of drug-likeness (QED) is 0.896. The van der Waals surface area contributed by atoms with Gasteiger partial charge in [-0.15, -0.1) is 5.10 Å². The number of aromatic nitrogens is 2. The Labute approximate surface area is 112 Å². The van der Waals surface area contributed by atoms with Gasteiger partial charge in [0.2, 0.25) is 0 Å². The molecular formula is C13H21N3OS. The van der Waals surface area contributed by atoms with Crippen LogP contribution in [0.25, 0.3) is 0 Å². The third-order valence-electron chi connectivity index (χ3n) is 3.35. The summed E-state index contributed by atoms with van der Waals surface area (Å²) in [5, 5.41) is 7.23. The fourth-order valence-corrected chi connectivity index (χ4v) is 3.11. The zero-order valence-electron chi connectivity index (χ0n) is 11.3. The monoisotopic (exact) mass is 267 g/mol. The Bertz CT molecular complexity index is 416. The van der Waals surface area contributed by atoms with Crippen LogP contribution in [0, 0.1) is 0 Å². The van der Waals surface area contributed by atoms with Gasteiger partial charge < -0.3 is 5.32 Å². The van der Waals surface area contributed by atoms with Crippen molar-refractivity contribution in [2.75, 3.05) is 0 Å². The molecule has 0 radical (unpaired) electrons. The largest absolute Gasteiger partial charge is 0.349 e. The fourth-order valence-electron chi connectivity index (χ4n) is 2.33. The average Bonchev–Trinajstić information content (AvgIpc) is 2.79. The lowest BCUT2D eigenvalue weighted by atomic mass is 9.91. The van der Waals surface area contributed by atoms with Gasteiger partial charge in [-0.25, -0.2) is 0 Å². The molecule has 0 unspecified atom stereocenters. The van der Waals surface area contributed by atoms with Crippen molar-refractivity contribution in [1.29, 1.82) is 0 Å². The Kier molecular flexibility index (Phi) is 4.00. The van der Waals surface area contributed by atoms with Gasteiger partial charge in [-0.05, 0) is 24.4 Å². The molecule has 0 saturated heterocycles. The normalized spacial score (nSPS) is 17.7. The summed E-state index contributed by atoms with van der Waals surface area (Å²) in [5.74, 6) is 0.00169. The van der Waals surface area contributed by atoms with Gasteiger partial charge in [0, 0.05) is 11.5 Å². The molecule has 2 rings (SSSR count). The summed E-state index contributed by atoms with van der Waals surface area (Å²) >= 11 is 1.20. The highest BCUT2D eigenvalue weighted by molar-refractivity contribution is 7.08. The van der Waals surface area contributed by atoms with Gasteiger partial charge in [0.25, 0.3) is 5.91 Å². The standard InChI is InChI=1S/C13H21N3OS/c1-13(2,3)11-10(18-16-15-11)12(17)14-9-7-5-4-6-8-9/h9H,4-8H2,1-3H3,(H,14,17). The molecular weight excluding hydrogens is 246 g/mol. The molecule has 5 heteroatoms. The van der Waals surface area contributed by atoms with E-state index in [1.807, 2.05) is 0 Å². The van der Waals surface area contributed by atoms with Crippen LogP contribution in [-0.2, 0) is 5.41 Å². The summed E-state index contributed by atoms with van der Waals surface area (Å²) in [5.41, 5.74) is 0.674. The van der Waals surface area contributed by atoms with Crippen molar-refractivity contribution in [3.8, 4) is 0 Å². The van der Waals surface area contributed by atoms with Crippen LogP contribution in [0.5, 0.6) is 0 Å². The van der Waals surface area contributed by atoms with Crippen LogP contribution in [0.1, 0.15) is 68.2 Å². The summed E-state index contributed by atoms with van der Waals surface area (Å²) < 4.78 is 3.93. The molecule has 100 valence electrons. The minimum atomic E-state index is -0.133. The Morgan fingerprint density at radius 3 is 2.56 bits per heavy atom. The third kappa shape index (κ3) is 3.07. The second-order valence-corrected chi connectivity index (χ2v) is 6.76. The molecule has 0 bridgehead atoms. The number of carbonyl (C=O) groups excluding carboxylic acids is 1. The van der Waals surface area contributed by atoms with E-state index in [-0.39, 0.29) is 11.3 Å².